The zero-order valence-corrected chi connectivity index (χ0v) is 15.7. The molecule has 1 aliphatic rings. The van der Waals surface area contributed by atoms with Gasteiger partial charge in [-0.05, 0) is 24.8 Å². The van der Waals surface area contributed by atoms with E-state index in [1.807, 2.05) is 13.8 Å². The minimum Gasteiger partial charge on any atom is -0.451 e. The van der Waals surface area contributed by atoms with Crippen molar-refractivity contribution in [3.05, 3.63) is 40.3 Å². The number of esters is 1. The molecule has 3 rings (SSSR count). The first-order valence-electron chi connectivity index (χ1n) is 9.42. The molecular formula is C20H25N3O4. The van der Waals surface area contributed by atoms with Gasteiger partial charge >= 0.3 is 5.97 Å². The molecule has 7 heteroatoms. The van der Waals surface area contributed by atoms with E-state index < -0.39 is 5.97 Å². The topological polar surface area (TPSA) is 90.3 Å². The van der Waals surface area contributed by atoms with Crippen LogP contribution in [-0.4, -0.2) is 34.3 Å². The number of benzene rings is 1. The molecule has 1 amide bonds. The minimum atomic E-state index is -0.703. The molecule has 144 valence electrons. The van der Waals surface area contributed by atoms with E-state index in [0.29, 0.717) is 17.3 Å². The highest BCUT2D eigenvalue weighted by Crippen LogP contribution is 2.18. The van der Waals surface area contributed by atoms with Gasteiger partial charge in [0.25, 0.3) is 11.5 Å². The van der Waals surface area contributed by atoms with E-state index in [2.05, 4.69) is 10.4 Å². The van der Waals surface area contributed by atoms with E-state index in [1.54, 1.807) is 24.3 Å². The second-order valence-corrected chi connectivity index (χ2v) is 7.40. The lowest BCUT2D eigenvalue weighted by molar-refractivity contribution is -0.124. The first-order valence-corrected chi connectivity index (χ1v) is 9.42. The number of aromatic nitrogens is 2. The molecule has 1 aliphatic carbocycles. The van der Waals surface area contributed by atoms with Gasteiger partial charge in [-0.1, -0.05) is 44.9 Å². The van der Waals surface area contributed by atoms with Crippen molar-refractivity contribution in [2.45, 2.75) is 52.1 Å². The largest absolute Gasteiger partial charge is 0.451 e. The van der Waals surface area contributed by atoms with Gasteiger partial charge in [-0.25, -0.2) is 9.48 Å². The molecule has 0 aliphatic heterocycles. The Hall–Kier alpha value is -2.70. The SMILES string of the molecule is CC(C)Cn1nc(C(=O)OCC(=O)NC2CCCC2)c2ccccc2c1=O. The Morgan fingerprint density at radius 3 is 2.56 bits per heavy atom. The fraction of sp³-hybridized carbons (Fsp3) is 0.500. The quantitative estimate of drug-likeness (QED) is 0.787. The lowest BCUT2D eigenvalue weighted by Crippen LogP contribution is -2.36. The van der Waals surface area contributed by atoms with Gasteiger partial charge in [0.15, 0.2) is 12.3 Å². The summed E-state index contributed by atoms with van der Waals surface area (Å²) in [5, 5.41) is 7.94. The number of ether oxygens (including phenoxy) is 1. The molecule has 0 unspecified atom stereocenters. The number of fused-ring (bicyclic) bond motifs is 1. The molecule has 0 spiro atoms. The lowest BCUT2D eigenvalue weighted by Gasteiger charge is -2.13. The van der Waals surface area contributed by atoms with Gasteiger partial charge in [0.2, 0.25) is 0 Å². The van der Waals surface area contributed by atoms with Gasteiger partial charge in [-0.2, -0.15) is 5.10 Å². The molecule has 1 fully saturated rings. The highest BCUT2D eigenvalue weighted by molar-refractivity contribution is 6.02. The summed E-state index contributed by atoms with van der Waals surface area (Å²) in [6.45, 7) is 3.98. The van der Waals surface area contributed by atoms with Crippen LogP contribution in [-0.2, 0) is 16.1 Å². The summed E-state index contributed by atoms with van der Waals surface area (Å²) in [6, 6.07) is 6.98. The van der Waals surface area contributed by atoms with Crippen molar-refractivity contribution >= 4 is 22.6 Å². The Labute approximate surface area is 157 Å². The van der Waals surface area contributed by atoms with Crippen LogP contribution in [0.15, 0.2) is 29.1 Å². The van der Waals surface area contributed by atoms with Crippen molar-refractivity contribution in [3.8, 4) is 0 Å². The maximum atomic E-state index is 12.6. The standard InChI is InChI=1S/C20H25N3O4/c1-13(2)11-23-19(25)16-10-6-5-9-15(16)18(22-23)20(26)27-12-17(24)21-14-7-3-4-8-14/h5-6,9-10,13-14H,3-4,7-8,11-12H2,1-2H3,(H,21,24). The fourth-order valence-corrected chi connectivity index (χ4v) is 3.39. The number of amides is 1. The zero-order chi connectivity index (χ0) is 19.4. The third kappa shape index (κ3) is 4.53. The highest BCUT2D eigenvalue weighted by atomic mass is 16.5. The average Bonchev–Trinajstić information content (AvgIpc) is 3.14. The number of carbonyl (C=O) groups excluding carboxylic acids is 2. The summed E-state index contributed by atoms with van der Waals surface area (Å²) in [5.74, 6) is -0.822. The summed E-state index contributed by atoms with van der Waals surface area (Å²) in [5.41, 5.74) is -0.186. The molecule has 1 aromatic heterocycles. The smallest absolute Gasteiger partial charge is 0.359 e. The van der Waals surface area contributed by atoms with Crippen LogP contribution in [0.1, 0.15) is 50.0 Å². The molecule has 1 heterocycles. The molecule has 1 N–H and O–H groups in total. The number of nitrogens with one attached hydrogen (secondary N) is 1. The molecule has 7 nitrogen and oxygen atoms in total. The van der Waals surface area contributed by atoms with E-state index >= 15 is 0 Å². The number of nitrogens with zero attached hydrogens (tertiary/aromatic N) is 2. The summed E-state index contributed by atoms with van der Waals surface area (Å²) in [4.78, 5) is 37.2. The Morgan fingerprint density at radius 2 is 1.89 bits per heavy atom. The van der Waals surface area contributed by atoms with E-state index in [-0.39, 0.29) is 35.7 Å². The van der Waals surface area contributed by atoms with E-state index in [4.69, 9.17) is 4.74 Å². The van der Waals surface area contributed by atoms with Crippen molar-refractivity contribution in [1.82, 2.24) is 15.1 Å². The van der Waals surface area contributed by atoms with E-state index in [0.717, 1.165) is 25.7 Å². The van der Waals surface area contributed by atoms with Crippen molar-refractivity contribution < 1.29 is 14.3 Å². The van der Waals surface area contributed by atoms with Gasteiger partial charge in [0, 0.05) is 18.0 Å². The Balaban J connectivity index is 1.79. The number of carbonyl (C=O) groups is 2. The monoisotopic (exact) mass is 371 g/mol. The first kappa shape index (κ1) is 19.1. The fourth-order valence-electron chi connectivity index (χ4n) is 3.39. The molecule has 0 radical (unpaired) electrons. The number of hydrogen-bond donors (Lipinski definition) is 1. The summed E-state index contributed by atoms with van der Waals surface area (Å²) < 4.78 is 6.47. The van der Waals surface area contributed by atoms with Crippen LogP contribution in [0.2, 0.25) is 0 Å². The lowest BCUT2D eigenvalue weighted by atomic mass is 10.1. The van der Waals surface area contributed by atoms with E-state index in [9.17, 15) is 14.4 Å². The van der Waals surface area contributed by atoms with Crippen molar-refractivity contribution in [1.29, 1.82) is 0 Å². The third-order valence-corrected chi connectivity index (χ3v) is 4.65. The van der Waals surface area contributed by atoms with Gasteiger partial charge in [-0.3, -0.25) is 9.59 Å². The first-order chi connectivity index (χ1) is 13.0. The Bertz CT molecular complexity index is 898. The maximum Gasteiger partial charge on any atom is 0.359 e. The van der Waals surface area contributed by atoms with Crippen LogP contribution in [0.3, 0.4) is 0 Å². The predicted molar refractivity (Wildman–Crippen MR) is 102 cm³/mol. The van der Waals surface area contributed by atoms with E-state index in [1.165, 1.54) is 4.68 Å². The van der Waals surface area contributed by atoms with Crippen LogP contribution in [0, 0.1) is 5.92 Å². The number of rotatable bonds is 6. The molecule has 2 aromatic rings. The third-order valence-electron chi connectivity index (χ3n) is 4.65. The van der Waals surface area contributed by atoms with Crippen molar-refractivity contribution in [2.75, 3.05) is 6.61 Å². The maximum absolute atomic E-state index is 12.6. The highest BCUT2D eigenvalue weighted by Gasteiger charge is 2.21. The average molecular weight is 371 g/mol. The minimum absolute atomic E-state index is 0.0551. The normalized spacial score (nSPS) is 14.6. The molecule has 1 aromatic carbocycles. The van der Waals surface area contributed by atoms with Crippen molar-refractivity contribution in [3.63, 3.8) is 0 Å². The second kappa shape index (κ2) is 8.33. The van der Waals surface area contributed by atoms with Crippen molar-refractivity contribution in [2.24, 2.45) is 5.92 Å². The Morgan fingerprint density at radius 1 is 1.22 bits per heavy atom. The Kier molecular flexibility index (Phi) is 5.88. The molecular weight excluding hydrogens is 346 g/mol. The summed E-state index contributed by atoms with van der Waals surface area (Å²) >= 11 is 0. The second-order valence-electron chi connectivity index (χ2n) is 7.40. The van der Waals surface area contributed by atoms with Crippen LogP contribution in [0.4, 0.5) is 0 Å². The van der Waals surface area contributed by atoms with Crippen LogP contribution in [0.5, 0.6) is 0 Å². The number of hydrogen-bond acceptors (Lipinski definition) is 5. The zero-order valence-electron chi connectivity index (χ0n) is 15.7. The van der Waals surface area contributed by atoms with Gasteiger partial charge in [0.1, 0.15) is 0 Å². The molecule has 27 heavy (non-hydrogen) atoms. The molecule has 0 atom stereocenters. The predicted octanol–water partition coefficient (Wildman–Crippen LogP) is 2.27. The van der Waals surface area contributed by atoms with Crippen LogP contribution in [0.25, 0.3) is 10.8 Å². The van der Waals surface area contributed by atoms with Crippen LogP contribution < -0.4 is 10.9 Å². The summed E-state index contributed by atoms with van der Waals surface area (Å²) in [6.07, 6.45) is 4.15. The van der Waals surface area contributed by atoms with Crippen LogP contribution >= 0.6 is 0 Å². The molecule has 0 bridgehead atoms. The van der Waals surface area contributed by atoms with Gasteiger partial charge in [-0.15, -0.1) is 0 Å². The summed E-state index contributed by atoms with van der Waals surface area (Å²) in [7, 11) is 0. The molecule has 0 saturated heterocycles. The van der Waals surface area contributed by atoms with Gasteiger partial charge < -0.3 is 10.1 Å². The van der Waals surface area contributed by atoms with Gasteiger partial charge in [0.05, 0.1) is 5.39 Å². The molecule has 1 saturated carbocycles.